The van der Waals surface area contributed by atoms with Crippen molar-refractivity contribution in [2.24, 2.45) is 5.73 Å². The molecule has 0 unspecified atom stereocenters. The van der Waals surface area contributed by atoms with E-state index in [4.69, 9.17) is 5.11 Å². The van der Waals surface area contributed by atoms with Crippen LogP contribution in [0.25, 0.3) is 0 Å². The zero-order chi connectivity index (χ0) is 5.41. The summed E-state index contributed by atoms with van der Waals surface area (Å²) < 4.78 is 0. The normalized spacial score (nSPS) is 6.00. The summed E-state index contributed by atoms with van der Waals surface area (Å²) >= 11 is 0. The maximum atomic E-state index is 7.35. The Bertz CT molecular complexity index is 9.51. The van der Waals surface area contributed by atoms with Crippen molar-refractivity contribution in [1.82, 2.24) is 0 Å². The van der Waals surface area contributed by atoms with Crippen LogP contribution in [0.2, 0.25) is 0 Å². The predicted molar refractivity (Wildman–Crippen MR) is 27.2 cm³/mol. The number of aliphatic hydroxyl groups is 1. The van der Waals surface area contributed by atoms with Gasteiger partial charge in [0.2, 0.25) is 0 Å². The smallest absolute Gasteiger partial charge is 0.0906 e. The molecule has 0 fully saturated rings. The Morgan fingerprint density at radius 1 is 1.50 bits per heavy atom. The molecule has 3 N–H and O–H groups in total. The van der Waals surface area contributed by atoms with E-state index in [9.17, 15) is 0 Å². The monoisotopic (exact) mass is 91.1 g/mol. The van der Waals surface area contributed by atoms with Gasteiger partial charge in [0.25, 0.3) is 0 Å². The molecule has 0 saturated heterocycles. The highest BCUT2D eigenvalue weighted by Gasteiger charge is 1.35. The van der Waals surface area contributed by atoms with E-state index >= 15 is 0 Å². The van der Waals surface area contributed by atoms with Gasteiger partial charge in [-0.2, -0.15) is 0 Å². The van der Waals surface area contributed by atoms with E-state index in [0.717, 1.165) is 0 Å². The number of nitrogens with two attached hydrogens (primary N) is 1. The van der Waals surface area contributed by atoms with Crippen LogP contribution in [-0.4, -0.2) is 11.8 Å². The maximum absolute atomic E-state index is 7.35. The Morgan fingerprint density at radius 2 is 1.50 bits per heavy atom. The molecule has 0 aromatic rings. The molecule has 6 heavy (non-hydrogen) atoms. The molecule has 0 rings (SSSR count). The van der Waals surface area contributed by atoms with E-state index in [1.54, 1.807) is 0 Å². The van der Waals surface area contributed by atoms with Gasteiger partial charge in [0.15, 0.2) is 0 Å². The first-order valence-corrected chi connectivity index (χ1v) is 2.14. The summed E-state index contributed by atoms with van der Waals surface area (Å²) in [6.07, 6.45) is 1.25. The molecule has 0 heterocycles. The Labute approximate surface area is 39.0 Å². The van der Waals surface area contributed by atoms with Gasteiger partial charge in [-0.15, -0.1) is 0 Å². The topological polar surface area (TPSA) is 46.2 Å². The van der Waals surface area contributed by atoms with Crippen molar-refractivity contribution in [3.8, 4) is 0 Å². The molecule has 0 aromatic heterocycles. The van der Waals surface area contributed by atoms with Crippen LogP contribution < -0.4 is 5.73 Å². The van der Waals surface area contributed by atoms with Gasteiger partial charge in [-0.1, -0.05) is 20.3 Å². The molecule has 0 aliphatic rings. The Kier molecular flexibility index (Phi) is 31.9. The minimum Gasteiger partial charge on any atom is -0.382 e. The fourth-order valence-electron chi connectivity index (χ4n) is 0. The standard InChI is InChI=1S/C3H8.CH5NO/c1-3-2;2-1-3/h3H2,1-2H3;3H,1-2H2. The van der Waals surface area contributed by atoms with Crippen LogP contribution in [0.4, 0.5) is 0 Å². The third-order valence-electron chi connectivity index (χ3n) is 0. The molecule has 0 bridgehead atoms. The fraction of sp³-hybridized carbons (Fsp3) is 1.00. The highest BCUT2D eigenvalue weighted by molar-refractivity contribution is 3.92. The van der Waals surface area contributed by atoms with Crippen molar-refractivity contribution in [1.29, 1.82) is 0 Å². The van der Waals surface area contributed by atoms with Gasteiger partial charge in [0, 0.05) is 0 Å². The van der Waals surface area contributed by atoms with Gasteiger partial charge in [-0.05, 0) is 0 Å². The third-order valence-corrected chi connectivity index (χ3v) is 0. The Morgan fingerprint density at radius 3 is 1.50 bits per heavy atom. The van der Waals surface area contributed by atoms with E-state index in [1.165, 1.54) is 6.42 Å². The van der Waals surface area contributed by atoms with Gasteiger partial charge in [0.05, 0.1) is 6.73 Å². The quantitative estimate of drug-likeness (QED) is 0.421. The first-order chi connectivity index (χ1) is 2.83. The second-order valence-electron chi connectivity index (χ2n) is 0.890. The average molecular weight is 91.2 g/mol. The maximum Gasteiger partial charge on any atom is 0.0906 e. The van der Waals surface area contributed by atoms with Gasteiger partial charge in [0.1, 0.15) is 0 Å². The molecule has 0 aliphatic heterocycles. The lowest BCUT2D eigenvalue weighted by atomic mass is 10.6. The number of hydrogen-bond donors (Lipinski definition) is 2. The first kappa shape index (κ1) is 9.33. The first-order valence-electron chi connectivity index (χ1n) is 2.14. The summed E-state index contributed by atoms with van der Waals surface area (Å²) in [6, 6.07) is 0. The van der Waals surface area contributed by atoms with Crippen LogP contribution in [-0.2, 0) is 0 Å². The van der Waals surface area contributed by atoms with Crippen LogP contribution >= 0.6 is 0 Å². The van der Waals surface area contributed by atoms with Crippen molar-refractivity contribution in [2.45, 2.75) is 20.3 Å². The van der Waals surface area contributed by atoms with E-state index in [-0.39, 0.29) is 6.73 Å². The largest absolute Gasteiger partial charge is 0.382 e. The number of hydrogen-bond acceptors (Lipinski definition) is 2. The average Bonchev–Trinajstić information content (AvgIpc) is 1.39. The molecule has 0 amide bonds. The van der Waals surface area contributed by atoms with Crippen LogP contribution in [0.15, 0.2) is 0 Å². The Hall–Kier alpha value is -0.0800. The minimum absolute atomic E-state index is 0.250. The third kappa shape index (κ3) is 5220. The predicted octanol–water partition coefficient (Wildman–Crippen LogP) is 0.311. The molecule has 0 saturated carbocycles. The van der Waals surface area contributed by atoms with Crippen LogP contribution in [0.1, 0.15) is 20.3 Å². The number of aliphatic hydroxyl groups excluding tert-OH is 1. The van der Waals surface area contributed by atoms with Crippen molar-refractivity contribution < 1.29 is 5.11 Å². The van der Waals surface area contributed by atoms with Crippen LogP contribution in [0.5, 0.6) is 0 Å². The lowest BCUT2D eigenvalue weighted by Gasteiger charge is -1.56. The number of rotatable bonds is 0. The summed E-state index contributed by atoms with van der Waals surface area (Å²) in [5.41, 5.74) is 4.40. The van der Waals surface area contributed by atoms with E-state index in [1.807, 2.05) is 0 Å². The van der Waals surface area contributed by atoms with E-state index in [0.29, 0.717) is 0 Å². The van der Waals surface area contributed by atoms with E-state index in [2.05, 4.69) is 19.6 Å². The molecule has 2 heteroatoms. The lowest BCUT2D eigenvalue weighted by Crippen LogP contribution is -1.92. The zero-order valence-corrected chi connectivity index (χ0v) is 4.44. The van der Waals surface area contributed by atoms with E-state index < -0.39 is 0 Å². The molecule has 0 atom stereocenters. The zero-order valence-electron chi connectivity index (χ0n) is 4.44. The molecule has 0 aliphatic carbocycles. The molecule has 0 aromatic carbocycles. The SMILES string of the molecule is CCC.NCO. The van der Waals surface area contributed by atoms with Crippen molar-refractivity contribution >= 4 is 0 Å². The summed E-state index contributed by atoms with van der Waals surface area (Å²) in [5, 5.41) is 7.35. The molecule has 40 valence electrons. The van der Waals surface area contributed by atoms with Crippen LogP contribution in [0, 0.1) is 0 Å². The summed E-state index contributed by atoms with van der Waals surface area (Å²) in [6.45, 7) is 4.00. The summed E-state index contributed by atoms with van der Waals surface area (Å²) in [4.78, 5) is 0. The fourth-order valence-corrected chi connectivity index (χ4v) is 0. The van der Waals surface area contributed by atoms with Gasteiger partial charge < -0.3 is 10.8 Å². The van der Waals surface area contributed by atoms with Crippen molar-refractivity contribution in [3.63, 3.8) is 0 Å². The minimum atomic E-state index is -0.250. The summed E-state index contributed by atoms with van der Waals surface area (Å²) in [7, 11) is 0. The molecule has 2 nitrogen and oxygen atoms in total. The van der Waals surface area contributed by atoms with Gasteiger partial charge in [-0.25, -0.2) is 0 Å². The van der Waals surface area contributed by atoms with Crippen molar-refractivity contribution in [2.75, 3.05) is 6.73 Å². The van der Waals surface area contributed by atoms with Gasteiger partial charge in [-0.3, -0.25) is 0 Å². The van der Waals surface area contributed by atoms with Gasteiger partial charge >= 0.3 is 0 Å². The highest BCUT2D eigenvalue weighted by Crippen LogP contribution is 1.56. The second-order valence-corrected chi connectivity index (χ2v) is 0.890. The highest BCUT2D eigenvalue weighted by atomic mass is 16.3. The van der Waals surface area contributed by atoms with Crippen LogP contribution in [0.3, 0.4) is 0 Å². The molecule has 0 radical (unpaired) electrons. The lowest BCUT2D eigenvalue weighted by molar-refractivity contribution is 0.307. The molecular weight excluding hydrogens is 78.0 g/mol. The second kappa shape index (κ2) is 20.5. The molecule has 0 spiro atoms. The summed E-state index contributed by atoms with van der Waals surface area (Å²) in [5.74, 6) is 0. The van der Waals surface area contributed by atoms with Crippen molar-refractivity contribution in [3.05, 3.63) is 0 Å². The molecular formula is C4H13NO. The Balaban J connectivity index is 0.